The summed E-state index contributed by atoms with van der Waals surface area (Å²) in [6.45, 7) is 11.6. The Morgan fingerprint density at radius 1 is 1.15 bits per heavy atom. The SMILES string of the molecule is CC(C)[C@@H](C)C=C[C@@H](C)C1CC[C@H]2C(=O)CCC[C@]12C. The molecule has 20 heavy (non-hydrogen) atoms. The van der Waals surface area contributed by atoms with Gasteiger partial charge in [-0.25, -0.2) is 0 Å². The molecule has 1 unspecified atom stereocenters. The predicted octanol–water partition coefficient (Wildman–Crippen LogP) is 5.26. The first-order valence-electron chi connectivity index (χ1n) is 8.57. The van der Waals surface area contributed by atoms with Gasteiger partial charge in [-0.3, -0.25) is 4.79 Å². The molecule has 0 saturated heterocycles. The largest absolute Gasteiger partial charge is 0.299 e. The van der Waals surface area contributed by atoms with E-state index < -0.39 is 0 Å². The first-order valence-corrected chi connectivity index (χ1v) is 8.57. The molecule has 0 aromatic carbocycles. The molecule has 0 amide bonds. The number of allylic oxidation sites excluding steroid dienone is 2. The van der Waals surface area contributed by atoms with Gasteiger partial charge in [-0.15, -0.1) is 0 Å². The minimum Gasteiger partial charge on any atom is -0.299 e. The van der Waals surface area contributed by atoms with Crippen molar-refractivity contribution in [3.63, 3.8) is 0 Å². The number of ketones is 1. The topological polar surface area (TPSA) is 17.1 Å². The molecule has 1 heteroatoms. The van der Waals surface area contributed by atoms with Crippen molar-refractivity contribution >= 4 is 5.78 Å². The van der Waals surface area contributed by atoms with Crippen LogP contribution in [0.5, 0.6) is 0 Å². The highest BCUT2D eigenvalue weighted by molar-refractivity contribution is 5.83. The molecule has 114 valence electrons. The second-order valence-corrected chi connectivity index (χ2v) is 7.91. The Labute approximate surface area is 125 Å². The first-order chi connectivity index (χ1) is 9.36. The van der Waals surface area contributed by atoms with Crippen molar-refractivity contribution in [2.45, 2.75) is 66.7 Å². The van der Waals surface area contributed by atoms with Crippen molar-refractivity contribution in [1.82, 2.24) is 0 Å². The normalized spacial score (nSPS) is 37.4. The molecule has 2 aliphatic carbocycles. The van der Waals surface area contributed by atoms with E-state index in [1.54, 1.807) is 0 Å². The van der Waals surface area contributed by atoms with Crippen LogP contribution in [0.3, 0.4) is 0 Å². The molecular weight excluding hydrogens is 244 g/mol. The second-order valence-electron chi connectivity index (χ2n) is 7.91. The number of hydrogen-bond donors (Lipinski definition) is 0. The zero-order valence-electron chi connectivity index (χ0n) is 14.0. The molecule has 0 aromatic rings. The van der Waals surface area contributed by atoms with Crippen molar-refractivity contribution in [1.29, 1.82) is 0 Å². The molecule has 0 aliphatic heterocycles. The van der Waals surface area contributed by atoms with Crippen LogP contribution in [0.15, 0.2) is 12.2 Å². The Balaban J connectivity index is 2.07. The van der Waals surface area contributed by atoms with Crippen LogP contribution in [-0.2, 0) is 4.79 Å². The van der Waals surface area contributed by atoms with E-state index in [9.17, 15) is 4.79 Å². The molecule has 0 bridgehead atoms. The van der Waals surface area contributed by atoms with Gasteiger partial charge in [0.05, 0.1) is 0 Å². The molecule has 2 rings (SSSR count). The van der Waals surface area contributed by atoms with Crippen LogP contribution in [0.4, 0.5) is 0 Å². The van der Waals surface area contributed by atoms with E-state index >= 15 is 0 Å². The number of hydrogen-bond acceptors (Lipinski definition) is 1. The standard InChI is InChI=1S/C19H32O/c1-13(2)14(3)8-9-15(4)16-10-11-17-18(20)7-6-12-19(16,17)5/h8-9,13-17H,6-7,10-12H2,1-5H3/t14-,15+,16?,17-,19+/m0/s1. The van der Waals surface area contributed by atoms with E-state index in [-0.39, 0.29) is 5.41 Å². The van der Waals surface area contributed by atoms with Crippen molar-refractivity contribution in [2.24, 2.45) is 35.0 Å². The van der Waals surface area contributed by atoms with Gasteiger partial charge in [-0.05, 0) is 54.8 Å². The fourth-order valence-electron chi connectivity index (χ4n) is 4.54. The maximum atomic E-state index is 12.2. The third-order valence-electron chi connectivity index (χ3n) is 6.34. The number of rotatable bonds is 4. The number of Topliss-reactive ketones (excluding diaryl/α,β-unsaturated/α-hetero) is 1. The van der Waals surface area contributed by atoms with Gasteiger partial charge in [-0.2, -0.15) is 0 Å². The van der Waals surface area contributed by atoms with E-state index in [4.69, 9.17) is 0 Å². The average Bonchev–Trinajstić information content (AvgIpc) is 2.74. The molecule has 0 N–H and O–H groups in total. The highest BCUT2D eigenvalue weighted by Gasteiger charge is 2.51. The van der Waals surface area contributed by atoms with E-state index in [0.717, 1.165) is 19.3 Å². The molecule has 0 heterocycles. The summed E-state index contributed by atoms with van der Waals surface area (Å²) in [7, 11) is 0. The van der Waals surface area contributed by atoms with E-state index in [2.05, 4.69) is 46.8 Å². The lowest BCUT2D eigenvalue weighted by molar-refractivity contribution is -0.129. The highest BCUT2D eigenvalue weighted by atomic mass is 16.1. The van der Waals surface area contributed by atoms with Crippen molar-refractivity contribution in [2.75, 3.05) is 0 Å². The molecular formula is C19H32O. The third kappa shape index (κ3) is 2.87. The van der Waals surface area contributed by atoms with Crippen LogP contribution in [0, 0.1) is 35.0 Å². The van der Waals surface area contributed by atoms with Gasteiger partial charge in [0.25, 0.3) is 0 Å². The van der Waals surface area contributed by atoms with Gasteiger partial charge in [0, 0.05) is 12.3 Å². The van der Waals surface area contributed by atoms with Gasteiger partial charge < -0.3 is 0 Å². The van der Waals surface area contributed by atoms with E-state index in [1.807, 2.05) is 0 Å². The molecule has 0 radical (unpaired) electrons. The fourth-order valence-corrected chi connectivity index (χ4v) is 4.54. The van der Waals surface area contributed by atoms with E-state index in [1.165, 1.54) is 12.8 Å². The Hall–Kier alpha value is -0.590. The van der Waals surface area contributed by atoms with Crippen LogP contribution in [-0.4, -0.2) is 5.78 Å². The van der Waals surface area contributed by atoms with Gasteiger partial charge in [0.2, 0.25) is 0 Å². The first kappa shape index (κ1) is 15.8. The lowest BCUT2D eigenvalue weighted by Gasteiger charge is -2.41. The lowest BCUT2D eigenvalue weighted by Crippen LogP contribution is -2.39. The Kier molecular flexibility index (Phi) is 4.76. The summed E-state index contributed by atoms with van der Waals surface area (Å²) in [5.74, 6) is 3.58. The van der Waals surface area contributed by atoms with Gasteiger partial charge >= 0.3 is 0 Å². The van der Waals surface area contributed by atoms with Crippen molar-refractivity contribution < 1.29 is 4.79 Å². The zero-order chi connectivity index (χ0) is 14.9. The number of fused-ring (bicyclic) bond motifs is 1. The monoisotopic (exact) mass is 276 g/mol. The maximum absolute atomic E-state index is 12.2. The summed E-state index contributed by atoms with van der Waals surface area (Å²) >= 11 is 0. The van der Waals surface area contributed by atoms with Crippen LogP contribution in [0.2, 0.25) is 0 Å². The summed E-state index contributed by atoms with van der Waals surface area (Å²) in [5, 5.41) is 0. The molecule has 2 saturated carbocycles. The molecule has 0 spiro atoms. The van der Waals surface area contributed by atoms with Crippen LogP contribution >= 0.6 is 0 Å². The molecule has 2 fully saturated rings. The minimum absolute atomic E-state index is 0.278. The Bertz CT molecular complexity index is 381. The summed E-state index contributed by atoms with van der Waals surface area (Å²) in [6, 6.07) is 0. The van der Waals surface area contributed by atoms with Crippen molar-refractivity contribution in [3.05, 3.63) is 12.2 Å². The van der Waals surface area contributed by atoms with E-state index in [0.29, 0.717) is 35.4 Å². The average molecular weight is 276 g/mol. The number of carbonyl (C=O) groups is 1. The summed E-state index contributed by atoms with van der Waals surface area (Å²) in [4.78, 5) is 12.2. The molecule has 0 aromatic heterocycles. The Morgan fingerprint density at radius 2 is 1.85 bits per heavy atom. The van der Waals surface area contributed by atoms with Gasteiger partial charge in [-0.1, -0.05) is 46.8 Å². The van der Waals surface area contributed by atoms with Crippen LogP contribution < -0.4 is 0 Å². The lowest BCUT2D eigenvalue weighted by atomic mass is 9.62. The summed E-state index contributed by atoms with van der Waals surface area (Å²) in [6.07, 6.45) is 10.4. The predicted molar refractivity (Wildman–Crippen MR) is 85.5 cm³/mol. The van der Waals surface area contributed by atoms with Crippen LogP contribution in [0.25, 0.3) is 0 Å². The van der Waals surface area contributed by atoms with Crippen LogP contribution in [0.1, 0.15) is 66.7 Å². The number of carbonyl (C=O) groups excluding carboxylic acids is 1. The highest BCUT2D eigenvalue weighted by Crippen LogP contribution is 2.56. The fraction of sp³-hybridized carbons (Fsp3) is 0.842. The second kappa shape index (κ2) is 6.03. The van der Waals surface area contributed by atoms with Crippen molar-refractivity contribution in [3.8, 4) is 0 Å². The molecule has 1 nitrogen and oxygen atoms in total. The van der Waals surface area contributed by atoms with Gasteiger partial charge in [0.1, 0.15) is 5.78 Å². The maximum Gasteiger partial charge on any atom is 0.136 e. The van der Waals surface area contributed by atoms with Gasteiger partial charge in [0.15, 0.2) is 0 Å². The molecule has 5 atom stereocenters. The third-order valence-corrected chi connectivity index (χ3v) is 6.34. The minimum atomic E-state index is 0.278. The zero-order valence-corrected chi connectivity index (χ0v) is 14.0. The summed E-state index contributed by atoms with van der Waals surface area (Å²) in [5.41, 5.74) is 0.278. The molecule has 2 aliphatic rings. The quantitative estimate of drug-likeness (QED) is 0.640. The summed E-state index contributed by atoms with van der Waals surface area (Å²) < 4.78 is 0. The smallest absolute Gasteiger partial charge is 0.136 e. The Morgan fingerprint density at radius 3 is 2.50 bits per heavy atom.